The van der Waals surface area contributed by atoms with E-state index in [4.69, 9.17) is 9.47 Å². The summed E-state index contributed by atoms with van der Waals surface area (Å²) in [4.78, 5) is 5.13. The molecule has 2 saturated carbocycles. The molecule has 3 saturated heterocycles. The normalized spacial score (nSPS) is 47.5. The van der Waals surface area contributed by atoms with Gasteiger partial charge in [0.25, 0.3) is 0 Å². The molecule has 5 rings (SSSR count). The SMILES string of the molecule is C[C@@H]1CC2(COCCN2)C2CC3CCCC(C3F)C3CCCCC3OCCCN(C)CN21. The second-order valence-corrected chi connectivity index (χ2v) is 11.7. The first-order chi connectivity index (χ1) is 15.6. The van der Waals surface area contributed by atoms with Crippen LogP contribution in [0.1, 0.15) is 71.1 Å². The smallest absolute Gasteiger partial charge is 0.106 e. The zero-order valence-corrected chi connectivity index (χ0v) is 20.4. The van der Waals surface area contributed by atoms with E-state index in [2.05, 4.69) is 29.1 Å². The highest BCUT2D eigenvalue weighted by atomic mass is 19.1. The minimum atomic E-state index is -0.682. The Morgan fingerprint density at radius 3 is 2.69 bits per heavy atom. The Hall–Kier alpha value is -0.270. The van der Waals surface area contributed by atoms with Crippen LogP contribution in [-0.4, -0.2) is 86.3 Å². The lowest BCUT2D eigenvalue weighted by atomic mass is 9.66. The van der Waals surface area contributed by atoms with E-state index in [1.807, 2.05) is 0 Å². The van der Waals surface area contributed by atoms with E-state index in [0.717, 1.165) is 84.5 Å². The third-order valence-corrected chi connectivity index (χ3v) is 9.57. The van der Waals surface area contributed by atoms with E-state index in [0.29, 0.717) is 18.0 Å². The Morgan fingerprint density at radius 2 is 1.84 bits per heavy atom. The summed E-state index contributed by atoms with van der Waals surface area (Å²) in [5.41, 5.74) is -0.0152. The van der Waals surface area contributed by atoms with Crippen molar-refractivity contribution in [2.45, 2.75) is 101 Å². The Balaban J connectivity index is 1.42. The van der Waals surface area contributed by atoms with Gasteiger partial charge in [0, 0.05) is 31.8 Å². The van der Waals surface area contributed by atoms with Crippen LogP contribution in [-0.2, 0) is 9.47 Å². The molecule has 3 aliphatic heterocycles. The van der Waals surface area contributed by atoms with Crippen molar-refractivity contribution in [2.75, 3.05) is 46.6 Å². The van der Waals surface area contributed by atoms with Gasteiger partial charge < -0.3 is 14.8 Å². The highest BCUT2D eigenvalue weighted by Gasteiger charge is 2.53. The monoisotopic (exact) mass is 451 g/mol. The average molecular weight is 452 g/mol. The van der Waals surface area contributed by atoms with Gasteiger partial charge in [-0.2, -0.15) is 0 Å². The average Bonchev–Trinajstić information content (AvgIpc) is 3.03. The third-order valence-electron chi connectivity index (χ3n) is 9.57. The number of nitrogens with one attached hydrogen (secondary N) is 1. The van der Waals surface area contributed by atoms with Crippen LogP contribution < -0.4 is 5.32 Å². The summed E-state index contributed by atoms with van der Waals surface area (Å²) in [6, 6.07) is 0.838. The van der Waals surface area contributed by atoms with Crippen molar-refractivity contribution in [3.8, 4) is 0 Å². The van der Waals surface area contributed by atoms with Crippen LogP contribution >= 0.6 is 0 Å². The number of hydrogen-bond acceptors (Lipinski definition) is 5. The summed E-state index contributed by atoms with van der Waals surface area (Å²) in [6.07, 6.45) is 10.8. The van der Waals surface area contributed by atoms with Crippen LogP contribution in [0.25, 0.3) is 0 Å². The quantitative estimate of drug-likeness (QED) is 0.606. The van der Waals surface area contributed by atoms with E-state index in [1.54, 1.807) is 0 Å². The summed E-state index contributed by atoms with van der Waals surface area (Å²) in [5.74, 6) is 0.789. The highest BCUT2D eigenvalue weighted by Crippen LogP contribution is 2.47. The summed E-state index contributed by atoms with van der Waals surface area (Å²) in [6.45, 7) is 7.67. The number of rotatable bonds is 0. The maximum absolute atomic E-state index is 16.3. The molecule has 5 nitrogen and oxygen atoms in total. The molecule has 0 amide bonds. The Morgan fingerprint density at radius 1 is 1.00 bits per heavy atom. The van der Waals surface area contributed by atoms with Crippen LogP contribution in [0.5, 0.6) is 0 Å². The maximum atomic E-state index is 16.3. The fourth-order valence-electron chi connectivity index (χ4n) is 8.04. The van der Waals surface area contributed by atoms with Gasteiger partial charge in [-0.25, -0.2) is 4.39 Å². The van der Waals surface area contributed by atoms with Crippen LogP contribution in [0, 0.1) is 17.8 Å². The first-order valence-electron chi connectivity index (χ1n) is 13.6. The zero-order valence-electron chi connectivity index (χ0n) is 20.4. The van der Waals surface area contributed by atoms with Gasteiger partial charge >= 0.3 is 0 Å². The summed E-state index contributed by atoms with van der Waals surface area (Å²) in [7, 11) is 2.24. The minimum absolute atomic E-state index is 0.0152. The van der Waals surface area contributed by atoms with Gasteiger partial charge in [-0.05, 0) is 76.7 Å². The Bertz CT molecular complexity index is 616. The van der Waals surface area contributed by atoms with Crippen molar-refractivity contribution in [1.29, 1.82) is 0 Å². The molecule has 2 bridgehead atoms. The lowest BCUT2D eigenvalue weighted by Gasteiger charge is -2.47. The molecule has 7 unspecified atom stereocenters. The molecule has 0 aromatic carbocycles. The van der Waals surface area contributed by atoms with E-state index in [9.17, 15) is 0 Å². The molecule has 0 radical (unpaired) electrons. The first kappa shape index (κ1) is 23.5. The van der Waals surface area contributed by atoms with Crippen LogP contribution in [0.4, 0.5) is 4.39 Å². The van der Waals surface area contributed by atoms with Crippen molar-refractivity contribution in [3.05, 3.63) is 0 Å². The van der Waals surface area contributed by atoms with E-state index < -0.39 is 6.17 Å². The Kier molecular flexibility index (Phi) is 7.44. The van der Waals surface area contributed by atoms with Crippen molar-refractivity contribution in [1.82, 2.24) is 15.1 Å². The van der Waals surface area contributed by atoms with Crippen LogP contribution in [0.15, 0.2) is 0 Å². The molecule has 32 heavy (non-hydrogen) atoms. The number of halogens is 1. The topological polar surface area (TPSA) is 37.0 Å². The number of fused-ring (bicyclic) bond motifs is 6. The standard InChI is InChI=1S/C26H46FN3O2/c1-19-16-26(17-31-14-11-28-26)24-15-20-7-5-9-22(25(20)27)21-8-3-4-10-23(21)32-13-6-12-29(2)18-30(19)24/h19-25,28H,3-18H2,1-2H3/t19-,20?,21?,22?,23?,24?,25?,26?/m1/s1. The van der Waals surface area contributed by atoms with E-state index >= 15 is 4.39 Å². The van der Waals surface area contributed by atoms with Crippen LogP contribution in [0.3, 0.4) is 0 Å². The molecule has 8 atom stereocenters. The number of morpholine rings is 1. The maximum Gasteiger partial charge on any atom is 0.106 e. The fourth-order valence-corrected chi connectivity index (χ4v) is 8.04. The molecule has 1 spiro atoms. The molecule has 3 heterocycles. The Labute approximate surface area is 194 Å². The van der Waals surface area contributed by atoms with Gasteiger partial charge in [0.2, 0.25) is 0 Å². The summed E-state index contributed by atoms with van der Waals surface area (Å²) in [5, 5.41) is 3.88. The molecule has 5 fully saturated rings. The molecule has 6 heteroatoms. The number of hydrogen-bond donors (Lipinski definition) is 1. The number of alkyl halides is 1. The highest BCUT2D eigenvalue weighted by molar-refractivity contribution is 5.11. The van der Waals surface area contributed by atoms with Gasteiger partial charge in [-0.3, -0.25) is 9.80 Å². The third kappa shape index (κ3) is 4.64. The predicted octanol–water partition coefficient (Wildman–Crippen LogP) is 3.82. The largest absolute Gasteiger partial charge is 0.378 e. The van der Waals surface area contributed by atoms with Gasteiger partial charge in [-0.1, -0.05) is 19.3 Å². The second-order valence-electron chi connectivity index (χ2n) is 11.7. The fraction of sp³-hybridized carbons (Fsp3) is 1.00. The number of nitrogens with zero attached hydrogens (tertiary/aromatic N) is 2. The van der Waals surface area contributed by atoms with Crippen molar-refractivity contribution in [3.63, 3.8) is 0 Å². The molecular formula is C26H46FN3O2. The molecule has 0 aromatic rings. The van der Waals surface area contributed by atoms with Crippen LogP contribution in [0.2, 0.25) is 0 Å². The van der Waals surface area contributed by atoms with Gasteiger partial charge in [-0.15, -0.1) is 0 Å². The molecule has 1 N–H and O–H groups in total. The molecule has 184 valence electrons. The van der Waals surface area contributed by atoms with Gasteiger partial charge in [0.1, 0.15) is 6.17 Å². The van der Waals surface area contributed by atoms with Gasteiger partial charge in [0.15, 0.2) is 0 Å². The summed E-state index contributed by atoms with van der Waals surface area (Å²) < 4.78 is 28.8. The predicted molar refractivity (Wildman–Crippen MR) is 125 cm³/mol. The molecule has 2 aliphatic carbocycles. The van der Waals surface area contributed by atoms with Gasteiger partial charge in [0.05, 0.1) is 31.5 Å². The number of ether oxygens (including phenoxy) is 2. The first-order valence-corrected chi connectivity index (χ1v) is 13.6. The molecule has 0 aromatic heterocycles. The molecular weight excluding hydrogens is 405 g/mol. The zero-order chi connectivity index (χ0) is 22.1. The van der Waals surface area contributed by atoms with E-state index in [-0.39, 0.29) is 23.5 Å². The molecule has 5 aliphatic rings. The van der Waals surface area contributed by atoms with Crippen molar-refractivity contribution >= 4 is 0 Å². The lowest BCUT2D eigenvalue weighted by Crippen LogP contribution is -2.62. The van der Waals surface area contributed by atoms with E-state index in [1.165, 1.54) is 19.3 Å². The summed E-state index contributed by atoms with van der Waals surface area (Å²) >= 11 is 0. The van der Waals surface area contributed by atoms with Crippen molar-refractivity contribution in [2.24, 2.45) is 17.8 Å². The lowest BCUT2D eigenvalue weighted by molar-refractivity contribution is -0.0733. The minimum Gasteiger partial charge on any atom is -0.378 e. The second kappa shape index (κ2) is 10.2. The van der Waals surface area contributed by atoms with Crippen molar-refractivity contribution < 1.29 is 13.9 Å².